The Morgan fingerprint density at radius 1 is 1.00 bits per heavy atom. The van der Waals surface area contributed by atoms with E-state index in [0.29, 0.717) is 5.41 Å². The van der Waals surface area contributed by atoms with E-state index in [4.69, 9.17) is 4.74 Å². The minimum Gasteiger partial charge on any atom is -0.381 e. The summed E-state index contributed by atoms with van der Waals surface area (Å²) in [5, 5.41) is 0. The minimum atomic E-state index is 0.655. The molecular formula is C11H22O. The molecule has 0 N–H and O–H groups in total. The van der Waals surface area contributed by atoms with E-state index in [9.17, 15) is 0 Å². The van der Waals surface area contributed by atoms with Gasteiger partial charge in [-0.1, -0.05) is 26.7 Å². The predicted octanol–water partition coefficient (Wildman–Crippen LogP) is 3.38. The number of hydrogen-bond donors (Lipinski definition) is 0. The lowest BCUT2D eigenvalue weighted by atomic mass is 9.73. The van der Waals surface area contributed by atoms with Crippen LogP contribution in [0.4, 0.5) is 0 Å². The Labute approximate surface area is 76.5 Å². The fourth-order valence-corrected chi connectivity index (χ4v) is 2.49. The molecule has 0 aromatic heterocycles. The van der Waals surface area contributed by atoms with Crippen LogP contribution in [0.5, 0.6) is 0 Å². The molecule has 1 aliphatic rings. The Morgan fingerprint density at radius 3 is 1.92 bits per heavy atom. The van der Waals surface area contributed by atoms with E-state index in [1.807, 2.05) is 0 Å². The highest BCUT2D eigenvalue weighted by Crippen LogP contribution is 2.39. The summed E-state index contributed by atoms with van der Waals surface area (Å²) in [7, 11) is 0. The van der Waals surface area contributed by atoms with E-state index in [1.54, 1.807) is 0 Å². The SMILES string of the molecule is CCCC1(CCC)CCOCC1. The normalized spacial score (nSPS) is 22.5. The van der Waals surface area contributed by atoms with Crippen LogP contribution in [-0.4, -0.2) is 13.2 Å². The lowest BCUT2D eigenvalue weighted by Gasteiger charge is -2.37. The van der Waals surface area contributed by atoms with Gasteiger partial charge in [0.2, 0.25) is 0 Å². The van der Waals surface area contributed by atoms with Crippen LogP contribution in [0.1, 0.15) is 52.4 Å². The molecule has 1 aliphatic heterocycles. The summed E-state index contributed by atoms with van der Waals surface area (Å²) in [6, 6.07) is 0. The summed E-state index contributed by atoms with van der Waals surface area (Å²) in [6.07, 6.45) is 8.08. The van der Waals surface area contributed by atoms with Crippen LogP contribution in [0.3, 0.4) is 0 Å². The zero-order valence-electron chi connectivity index (χ0n) is 8.57. The molecule has 1 fully saturated rings. The lowest BCUT2D eigenvalue weighted by Crippen LogP contribution is -2.29. The molecule has 12 heavy (non-hydrogen) atoms. The molecule has 1 nitrogen and oxygen atoms in total. The van der Waals surface area contributed by atoms with Crippen molar-refractivity contribution in [2.24, 2.45) is 5.41 Å². The fourth-order valence-electron chi connectivity index (χ4n) is 2.49. The van der Waals surface area contributed by atoms with Gasteiger partial charge in [0.05, 0.1) is 0 Å². The van der Waals surface area contributed by atoms with Gasteiger partial charge in [0.15, 0.2) is 0 Å². The molecular weight excluding hydrogens is 148 g/mol. The summed E-state index contributed by atoms with van der Waals surface area (Å²) in [6.45, 7) is 6.60. The molecule has 0 unspecified atom stereocenters. The van der Waals surface area contributed by atoms with E-state index in [1.165, 1.54) is 38.5 Å². The molecule has 0 atom stereocenters. The molecule has 0 aromatic rings. The standard InChI is InChI=1S/C11H22O/c1-3-5-11(6-4-2)7-9-12-10-8-11/h3-10H2,1-2H3. The van der Waals surface area contributed by atoms with Crippen LogP contribution in [0.15, 0.2) is 0 Å². The molecule has 72 valence electrons. The lowest BCUT2D eigenvalue weighted by molar-refractivity contribution is 0.00482. The fraction of sp³-hybridized carbons (Fsp3) is 1.00. The third kappa shape index (κ3) is 2.48. The van der Waals surface area contributed by atoms with Gasteiger partial charge < -0.3 is 4.74 Å². The van der Waals surface area contributed by atoms with Crippen molar-refractivity contribution < 1.29 is 4.74 Å². The Morgan fingerprint density at radius 2 is 1.50 bits per heavy atom. The molecule has 0 aliphatic carbocycles. The van der Waals surface area contributed by atoms with E-state index in [2.05, 4.69) is 13.8 Å². The summed E-state index contributed by atoms with van der Waals surface area (Å²) < 4.78 is 5.42. The van der Waals surface area contributed by atoms with Crippen molar-refractivity contribution in [2.75, 3.05) is 13.2 Å². The van der Waals surface area contributed by atoms with Crippen molar-refractivity contribution in [1.82, 2.24) is 0 Å². The topological polar surface area (TPSA) is 9.23 Å². The average Bonchev–Trinajstić information content (AvgIpc) is 2.07. The summed E-state index contributed by atoms with van der Waals surface area (Å²) in [5.74, 6) is 0. The zero-order valence-corrected chi connectivity index (χ0v) is 8.57. The van der Waals surface area contributed by atoms with E-state index in [-0.39, 0.29) is 0 Å². The third-order valence-corrected chi connectivity index (χ3v) is 3.11. The molecule has 0 spiro atoms. The first-order chi connectivity index (χ1) is 5.83. The molecule has 0 bridgehead atoms. The molecule has 0 aromatic carbocycles. The highest BCUT2D eigenvalue weighted by atomic mass is 16.5. The molecule has 1 saturated heterocycles. The van der Waals surface area contributed by atoms with Crippen LogP contribution in [-0.2, 0) is 4.74 Å². The third-order valence-electron chi connectivity index (χ3n) is 3.11. The van der Waals surface area contributed by atoms with Gasteiger partial charge >= 0.3 is 0 Å². The van der Waals surface area contributed by atoms with Gasteiger partial charge in [-0.2, -0.15) is 0 Å². The molecule has 1 rings (SSSR count). The predicted molar refractivity (Wildman–Crippen MR) is 52.3 cm³/mol. The van der Waals surface area contributed by atoms with Crippen molar-refractivity contribution in [3.63, 3.8) is 0 Å². The first kappa shape index (κ1) is 10.0. The van der Waals surface area contributed by atoms with Crippen molar-refractivity contribution >= 4 is 0 Å². The van der Waals surface area contributed by atoms with Gasteiger partial charge in [0.25, 0.3) is 0 Å². The van der Waals surface area contributed by atoms with Crippen LogP contribution >= 0.6 is 0 Å². The van der Waals surface area contributed by atoms with Crippen LogP contribution in [0.2, 0.25) is 0 Å². The van der Waals surface area contributed by atoms with E-state index >= 15 is 0 Å². The summed E-state index contributed by atoms with van der Waals surface area (Å²) >= 11 is 0. The van der Waals surface area contributed by atoms with Crippen molar-refractivity contribution in [2.45, 2.75) is 52.4 Å². The largest absolute Gasteiger partial charge is 0.381 e. The van der Waals surface area contributed by atoms with Gasteiger partial charge in [0, 0.05) is 13.2 Å². The van der Waals surface area contributed by atoms with Gasteiger partial charge in [-0.05, 0) is 31.1 Å². The number of hydrogen-bond acceptors (Lipinski definition) is 1. The molecule has 0 radical (unpaired) electrons. The highest BCUT2D eigenvalue weighted by molar-refractivity contribution is 4.80. The first-order valence-corrected chi connectivity index (χ1v) is 5.41. The Kier molecular flexibility index (Phi) is 4.07. The summed E-state index contributed by atoms with van der Waals surface area (Å²) in [5.41, 5.74) is 0.655. The van der Waals surface area contributed by atoms with Crippen LogP contribution in [0, 0.1) is 5.41 Å². The Hall–Kier alpha value is -0.0400. The van der Waals surface area contributed by atoms with Gasteiger partial charge in [-0.3, -0.25) is 0 Å². The van der Waals surface area contributed by atoms with Gasteiger partial charge in [0.1, 0.15) is 0 Å². The van der Waals surface area contributed by atoms with Crippen LogP contribution in [0.25, 0.3) is 0 Å². The number of rotatable bonds is 4. The second kappa shape index (κ2) is 4.86. The maximum absolute atomic E-state index is 5.42. The maximum Gasteiger partial charge on any atom is 0.0471 e. The number of ether oxygens (including phenoxy) is 1. The van der Waals surface area contributed by atoms with Gasteiger partial charge in [-0.25, -0.2) is 0 Å². The maximum atomic E-state index is 5.42. The quantitative estimate of drug-likeness (QED) is 0.628. The molecule has 0 amide bonds. The Balaban J connectivity index is 2.44. The summed E-state index contributed by atoms with van der Waals surface area (Å²) in [4.78, 5) is 0. The van der Waals surface area contributed by atoms with Gasteiger partial charge in [-0.15, -0.1) is 0 Å². The smallest absolute Gasteiger partial charge is 0.0471 e. The molecule has 1 heterocycles. The molecule has 0 saturated carbocycles. The van der Waals surface area contributed by atoms with Crippen molar-refractivity contribution in [3.05, 3.63) is 0 Å². The minimum absolute atomic E-state index is 0.655. The second-order valence-electron chi connectivity index (χ2n) is 4.11. The average molecular weight is 170 g/mol. The second-order valence-corrected chi connectivity index (χ2v) is 4.11. The van der Waals surface area contributed by atoms with Crippen LogP contribution < -0.4 is 0 Å². The van der Waals surface area contributed by atoms with Crippen molar-refractivity contribution in [3.8, 4) is 0 Å². The monoisotopic (exact) mass is 170 g/mol. The van der Waals surface area contributed by atoms with E-state index in [0.717, 1.165) is 13.2 Å². The van der Waals surface area contributed by atoms with Crippen molar-refractivity contribution in [1.29, 1.82) is 0 Å². The zero-order chi connectivity index (χ0) is 8.86. The Bertz CT molecular complexity index is 98.7. The molecule has 1 heteroatoms. The first-order valence-electron chi connectivity index (χ1n) is 5.41. The van der Waals surface area contributed by atoms with E-state index < -0.39 is 0 Å². The highest BCUT2D eigenvalue weighted by Gasteiger charge is 2.30.